The van der Waals surface area contributed by atoms with Gasteiger partial charge in [0.1, 0.15) is 0 Å². The number of rotatable bonds is 2. The van der Waals surface area contributed by atoms with Crippen molar-refractivity contribution >= 4 is 11.6 Å². The zero-order valence-electron chi connectivity index (χ0n) is 9.35. The number of likely N-dealkylation sites (N-methyl/N-ethyl adjacent to an activating group) is 1. The highest BCUT2D eigenvalue weighted by molar-refractivity contribution is 6.05. The number of anilines is 1. The average molecular weight is 217 g/mol. The van der Waals surface area contributed by atoms with Crippen molar-refractivity contribution in [2.24, 2.45) is 0 Å². The van der Waals surface area contributed by atoms with Crippen LogP contribution in [0.4, 0.5) is 5.69 Å². The van der Waals surface area contributed by atoms with Gasteiger partial charge in [-0.05, 0) is 25.0 Å². The van der Waals surface area contributed by atoms with E-state index in [1.807, 2.05) is 30.3 Å². The maximum absolute atomic E-state index is 12.1. The fourth-order valence-electron chi connectivity index (χ4n) is 1.71. The van der Waals surface area contributed by atoms with Crippen molar-refractivity contribution in [3.63, 3.8) is 0 Å². The number of hydrogen-bond acceptors (Lipinski definition) is 2. The molecule has 0 atom stereocenters. The van der Waals surface area contributed by atoms with Gasteiger partial charge < -0.3 is 9.64 Å². The van der Waals surface area contributed by atoms with E-state index < -0.39 is 0 Å². The molecular weight excluding hydrogens is 202 g/mol. The Labute approximate surface area is 95.3 Å². The van der Waals surface area contributed by atoms with Crippen molar-refractivity contribution in [1.29, 1.82) is 0 Å². The predicted molar refractivity (Wildman–Crippen MR) is 63.1 cm³/mol. The molecule has 0 aromatic heterocycles. The summed E-state index contributed by atoms with van der Waals surface area (Å²) < 4.78 is 5.18. The number of nitrogens with zero attached hydrogens (tertiary/aromatic N) is 1. The zero-order chi connectivity index (χ0) is 11.4. The first-order valence-corrected chi connectivity index (χ1v) is 5.43. The monoisotopic (exact) mass is 217 g/mol. The molecule has 1 heterocycles. The number of hydrogen-bond donors (Lipinski definition) is 0. The van der Waals surface area contributed by atoms with Crippen LogP contribution in [0, 0.1) is 0 Å². The third-order valence-corrected chi connectivity index (χ3v) is 2.66. The molecule has 0 aliphatic carbocycles. The lowest BCUT2D eigenvalue weighted by atomic mass is 10.1. The minimum absolute atomic E-state index is 0.0194. The van der Waals surface area contributed by atoms with Gasteiger partial charge in [0, 0.05) is 12.7 Å². The number of carbonyl (C=O) groups excluding carboxylic acids is 1. The van der Waals surface area contributed by atoms with Gasteiger partial charge in [-0.1, -0.05) is 18.2 Å². The van der Waals surface area contributed by atoms with Crippen LogP contribution in [-0.2, 0) is 9.53 Å². The minimum Gasteiger partial charge on any atom is -0.501 e. The predicted octanol–water partition coefficient (Wildman–Crippen LogP) is 2.34. The maximum atomic E-state index is 12.1. The Hall–Kier alpha value is -1.77. The van der Waals surface area contributed by atoms with Crippen LogP contribution in [0.5, 0.6) is 0 Å². The van der Waals surface area contributed by atoms with E-state index in [0.717, 1.165) is 24.1 Å². The van der Waals surface area contributed by atoms with Gasteiger partial charge in [-0.15, -0.1) is 0 Å². The number of benzene rings is 1. The van der Waals surface area contributed by atoms with Crippen molar-refractivity contribution in [1.82, 2.24) is 0 Å². The summed E-state index contributed by atoms with van der Waals surface area (Å²) in [6.45, 7) is 0.714. The highest BCUT2D eigenvalue weighted by Crippen LogP contribution is 2.18. The van der Waals surface area contributed by atoms with Gasteiger partial charge in [0.2, 0.25) is 0 Å². The first-order chi connectivity index (χ1) is 7.79. The topological polar surface area (TPSA) is 29.5 Å². The molecule has 2 rings (SSSR count). The standard InChI is InChI=1S/C13H15NO2/c1-14(12-7-3-2-4-8-12)13(15)11-6-5-9-16-10-11/h2-4,7-8,10H,5-6,9H2,1H3. The van der Waals surface area contributed by atoms with Gasteiger partial charge in [0.25, 0.3) is 5.91 Å². The van der Waals surface area contributed by atoms with Gasteiger partial charge in [0.05, 0.1) is 18.4 Å². The lowest BCUT2D eigenvalue weighted by Gasteiger charge is -2.20. The molecular formula is C13H15NO2. The van der Waals surface area contributed by atoms with Crippen molar-refractivity contribution in [3.05, 3.63) is 42.2 Å². The lowest BCUT2D eigenvalue weighted by Crippen LogP contribution is -2.28. The van der Waals surface area contributed by atoms with Crippen LogP contribution >= 0.6 is 0 Å². The second-order valence-corrected chi connectivity index (χ2v) is 3.82. The molecule has 0 bridgehead atoms. The summed E-state index contributed by atoms with van der Waals surface area (Å²) in [6, 6.07) is 9.62. The second kappa shape index (κ2) is 4.84. The summed E-state index contributed by atoms with van der Waals surface area (Å²) in [5.74, 6) is 0.0194. The molecule has 1 aromatic rings. The molecule has 0 fully saturated rings. The third-order valence-electron chi connectivity index (χ3n) is 2.66. The van der Waals surface area contributed by atoms with Gasteiger partial charge in [-0.2, -0.15) is 0 Å². The number of para-hydroxylation sites is 1. The van der Waals surface area contributed by atoms with Gasteiger partial charge >= 0.3 is 0 Å². The minimum atomic E-state index is 0.0194. The second-order valence-electron chi connectivity index (χ2n) is 3.82. The summed E-state index contributed by atoms with van der Waals surface area (Å²) in [5, 5.41) is 0. The van der Waals surface area contributed by atoms with E-state index in [-0.39, 0.29) is 5.91 Å². The summed E-state index contributed by atoms with van der Waals surface area (Å²) in [6.07, 6.45) is 3.31. The number of ether oxygens (including phenoxy) is 1. The van der Waals surface area contributed by atoms with E-state index >= 15 is 0 Å². The molecule has 1 aliphatic heterocycles. The van der Waals surface area contributed by atoms with Gasteiger partial charge in [-0.25, -0.2) is 0 Å². The van der Waals surface area contributed by atoms with Crippen LogP contribution < -0.4 is 4.90 Å². The van der Waals surface area contributed by atoms with Crippen LogP contribution in [0.25, 0.3) is 0 Å². The van der Waals surface area contributed by atoms with Crippen LogP contribution in [0.15, 0.2) is 42.2 Å². The SMILES string of the molecule is CN(C(=O)C1=COCCC1)c1ccccc1. The molecule has 3 heteroatoms. The van der Waals surface area contributed by atoms with Crippen LogP contribution in [0.1, 0.15) is 12.8 Å². The molecule has 0 spiro atoms. The van der Waals surface area contributed by atoms with E-state index in [1.165, 1.54) is 0 Å². The van der Waals surface area contributed by atoms with Crippen molar-refractivity contribution in [2.75, 3.05) is 18.6 Å². The van der Waals surface area contributed by atoms with E-state index in [1.54, 1.807) is 18.2 Å². The number of amides is 1. The van der Waals surface area contributed by atoms with Crippen LogP contribution in [-0.4, -0.2) is 19.6 Å². The Morgan fingerprint density at radius 3 is 2.69 bits per heavy atom. The van der Waals surface area contributed by atoms with Crippen LogP contribution in [0.2, 0.25) is 0 Å². The summed E-state index contributed by atoms with van der Waals surface area (Å²) >= 11 is 0. The quantitative estimate of drug-likeness (QED) is 0.761. The third kappa shape index (κ3) is 2.24. The van der Waals surface area contributed by atoms with E-state index in [2.05, 4.69) is 0 Å². The molecule has 1 aliphatic rings. The fourth-order valence-corrected chi connectivity index (χ4v) is 1.71. The van der Waals surface area contributed by atoms with E-state index in [9.17, 15) is 4.79 Å². The highest BCUT2D eigenvalue weighted by Gasteiger charge is 2.18. The molecule has 1 amide bonds. The van der Waals surface area contributed by atoms with Gasteiger partial charge in [0.15, 0.2) is 0 Å². The lowest BCUT2D eigenvalue weighted by molar-refractivity contribution is -0.115. The molecule has 0 N–H and O–H groups in total. The molecule has 1 aromatic carbocycles. The Balaban J connectivity index is 2.13. The van der Waals surface area contributed by atoms with Crippen LogP contribution in [0.3, 0.4) is 0 Å². The molecule has 0 saturated heterocycles. The molecule has 0 radical (unpaired) electrons. The fraction of sp³-hybridized carbons (Fsp3) is 0.308. The Morgan fingerprint density at radius 1 is 1.31 bits per heavy atom. The highest BCUT2D eigenvalue weighted by atomic mass is 16.5. The Morgan fingerprint density at radius 2 is 2.06 bits per heavy atom. The van der Waals surface area contributed by atoms with E-state index in [0.29, 0.717) is 6.61 Å². The molecule has 0 saturated carbocycles. The Kier molecular flexibility index (Phi) is 3.25. The van der Waals surface area contributed by atoms with Crippen molar-refractivity contribution in [3.8, 4) is 0 Å². The molecule has 84 valence electrons. The largest absolute Gasteiger partial charge is 0.501 e. The first kappa shape index (κ1) is 10.7. The van der Waals surface area contributed by atoms with E-state index in [4.69, 9.17) is 4.74 Å². The number of carbonyl (C=O) groups is 1. The molecule has 3 nitrogen and oxygen atoms in total. The normalized spacial score (nSPS) is 14.9. The van der Waals surface area contributed by atoms with Crippen molar-refractivity contribution in [2.45, 2.75) is 12.8 Å². The zero-order valence-corrected chi connectivity index (χ0v) is 9.35. The summed E-state index contributed by atoms with van der Waals surface area (Å²) in [4.78, 5) is 13.7. The molecule has 16 heavy (non-hydrogen) atoms. The molecule has 0 unspecified atom stereocenters. The smallest absolute Gasteiger partial charge is 0.257 e. The first-order valence-electron chi connectivity index (χ1n) is 5.43. The Bertz CT molecular complexity index is 398. The summed E-state index contributed by atoms with van der Waals surface area (Å²) in [7, 11) is 1.78. The van der Waals surface area contributed by atoms with Crippen molar-refractivity contribution < 1.29 is 9.53 Å². The maximum Gasteiger partial charge on any atom is 0.257 e. The average Bonchev–Trinajstić information content (AvgIpc) is 2.39. The van der Waals surface area contributed by atoms with Gasteiger partial charge in [-0.3, -0.25) is 4.79 Å². The summed E-state index contributed by atoms with van der Waals surface area (Å²) in [5.41, 5.74) is 1.65.